The number of nitro benzene ring substituents is 1. The van der Waals surface area contributed by atoms with Gasteiger partial charge < -0.3 is 13.9 Å². The van der Waals surface area contributed by atoms with Crippen LogP contribution in [0.2, 0.25) is 0 Å². The van der Waals surface area contributed by atoms with Gasteiger partial charge in [-0.3, -0.25) is 10.1 Å². The van der Waals surface area contributed by atoms with Crippen LogP contribution in [0.1, 0.15) is 47.6 Å². The molecule has 1 aromatic heterocycles. The molecule has 0 spiro atoms. The molecule has 1 aliphatic heterocycles. The third-order valence-electron chi connectivity index (χ3n) is 4.96. The summed E-state index contributed by atoms with van der Waals surface area (Å²) in [6.45, 7) is 11.8. The molecule has 2 heterocycles. The summed E-state index contributed by atoms with van der Waals surface area (Å²) in [7, 11) is -0.645. The highest BCUT2D eigenvalue weighted by Crippen LogP contribution is 2.37. The second-order valence-corrected chi connectivity index (χ2v) is 7.50. The van der Waals surface area contributed by atoms with Crippen LogP contribution in [-0.4, -0.2) is 32.8 Å². The molecule has 0 N–H and O–H groups in total. The maximum atomic E-state index is 11.5. The van der Waals surface area contributed by atoms with E-state index in [0.29, 0.717) is 16.5 Å². The van der Waals surface area contributed by atoms with Crippen LogP contribution < -0.4 is 5.46 Å². The van der Waals surface area contributed by atoms with Gasteiger partial charge in [0.05, 0.1) is 28.0 Å². The third-order valence-corrected chi connectivity index (χ3v) is 4.96. The van der Waals surface area contributed by atoms with Crippen molar-refractivity contribution in [1.29, 1.82) is 0 Å². The highest BCUT2D eigenvalue weighted by Gasteiger charge is 2.52. The highest BCUT2D eigenvalue weighted by atomic mass is 16.7. The van der Waals surface area contributed by atoms with Crippen LogP contribution in [0.15, 0.2) is 18.5 Å². The van der Waals surface area contributed by atoms with Gasteiger partial charge in [-0.05, 0) is 53.1 Å². The average Bonchev–Trinajstić information content (AvgIpc) is 2.96. The summed E-state index contributed by atoms with van der Waals surface area (Å²) in [5.74, 6) is 0. The molecule has 0 bridgehead atoms. The van der Waals surface area contributed by atoms with Gasteiger partial charge in [-0.25, -0.2) is 4.98 Å². The van der Waals surface area contributed by atoms with E-state index in [1.165, 1.54) is 6.07 Å². The fourth-order valence-corrected chi connectivity index (χ4v) is 2.80. The van der Waals surface area contributed by atoms with E-state index in [0.717, 1.165) is 0 Å². The zero-order valence-corrected chi connectivity index (χ0v) is 14.9. The number of nitro groups is 1. The predicted octanol–water partition coefficient (Wildman–Crippen LogP) is 2.82. The van der Waals surface area contributed by atoms with Crippen molar-refractivity contribution in [3.05, 3.63) is 28.6 Å². The number of hydrogen-bond acceptors (Lipinski definition) is 5. The van der Waals surface area contributed by atoms with Crippen LogP contribution in [0.4, 0.5) is 5.69 Å². The van der Waals surface area contributed by atoms with E-state index in [2.05, 4.69) is 4.98 Å². The van der Waals surface area contributed by atoms with E-state index in [4.69, 9.17) is 9.31 Å². The summed E-state index contributed by atoms with van der Waals surface area (Å²) < 4.78 is 14.0. The highest BCUT2D eigenvalue weighted by molar-refractivity contribution is 6.62. The molecule has 0 radical (unpaired) electrons. The average molecular weight is 331 g/mol. The van der Waals surface area contributed by atoms with Gasteiger partial charge in [0.25, 0.3) is 5.69 Å². The molecule has 1 saturated heterocycles. The molecule has 3 rings (SSSR count). The molecule has 0 saturated carbocycles. The first kappa shape index (κ1) is 16.9. The minimum absolute atomic E-state index is 0.0309. The lowest BCUT2D eigenvalue weighted by atomic mass is 9.78. The van der Waals surface area contributed by atoms with E-state index in [1.54, 1.807) is 6.33 Å². The van der Waals surface area contributed by atoms with Gasteiger partial charge in [-0.1, -0.05) is 0 Å². The molecular weight excluding hydrogens is 309 g/mol. The summed E-state index contributed by atoms with van der Waals surface area (Å²) >= 11 is 0. The van der Waals surface area contributed by atoms with Crippen molar-refractivity contribution in [2.24, 2.45) is 0 Å². The smallest absolute Gasteiger partial charge is 0.399 e. The largest absolute Gasteiger partial charge is 0.495 e. The van der Waals surface area contributed by atoms with Crippen LogP contribution >= 0.6 is 0 Å². The predicted molar refractivity (Wildman–Crippen MR) is 92.5 cm³/mol. The molecule has 0 atom stereocenters. The standard InChI is InChI=1S/C16H22BN3O4/c1-10(2)19-9-18-14-12(19)7-11(8-13(14)20(21)22)17-23-15(3,4)16(5,6)24-17/h7-10H,1-6H3. The lowest BCUT2D eigenvalue weighted by Gasteiger charge is -2.32. The molecule has 0 amide bonds. The molecule has 1 aromatic carbocycles. The minimum Gasteiger partial charge on any atom is -0.399 e. The van der Waals surface area contributed by atoms with Gasteiger partial charge in [-0.15, -0.1) is 0 Å². The molecule has 0 aliphatic carbocycles. The molecular formula is C16H22BN3O4. The van der Waals surface area contributed by atoms with Crippen molar-refractivity contribution in [2.45, 2.75) is 58.8 Å². The summed E-state index contributed by atoms with van der Waals surface area (Å²) in [5.41, 5.74) is 0.698. The number of aromatic nitrogens is 2. The Morgan fingerprint density at radius 3 is 2.29 bits per heavy atom. The van der Waals surface area contributed by atoms with Crippen LogP contribution in [0.3, 0.4) is 0 Å². The molecule has 7 nitrogen and oxygen atoms in total. The van der Waals surface area contributed by atoms with Crippen LogP contribution in [0.5, 0.6) is 0 Å². The monoisotopic (exact) mass is 331 g/mol. The number of nitrogens with zero attached hydrogens (tertiary/aromatic N) is 3. The first-order chi connectivity index (χ1) is 11.0. The zero-order valence-electron chi connectivity index (χ0n) is 14.9. The fourth-order valence-electron chi connectivity index (χ4n) is 2.80. The van der Waals surface area contributed by atoms with Gasteiger partial charge in [0, 0.05) is 12.1 Å². The quantitative estimate of drug-likeness (QED) is 0.491. The van der Waals surface area contributed by atoms with Crippen molar-refractivity contribution in [1.82, 2.24) is 9.55 Å². The Balaban J connectivity index is 2.16. The number of hydrogen-bond donors (Lipinski definition) is 0. The Hall–Kier alpha value is -1.93. The fraction of sp³-hybridized carbons (Fsp3) is 0.562. The SMILES string of the molecule is CC(C)n1cnc2c([N+](=O)[O-])cc(B3OC(C)(C)C(C)(C)O3)cc21. The minimum atomic E-state index is -0.645. The van der Waals surface area contributed by atoms with E-state index >= 15 is 0 Å². The first-order valence-corrected chi connectivity index (χ1v) is 8.04. The van der Waals surface area contributed by atoms with Gasteiger partial charge in [-0.2, -0.15) is 0 Å². The molecule has 128 valence electrons. The summed E-state index contributed by atoms with van der Waals surface area (Å²) in [4.78, 5) is 15.3. The van der Waals surface area contributed by atoms with Crippen molar-refractivity contribution in [3.63, 3.8) is 0 Å². The van der Waals surface area contributed by atoms with E-state index in [1.807, 2.05) is 52.2 Å². The second kappa shape index (κ2) is 5.29. The number of imidazole rings is 1. The van der Waals surface area contributed by atoms with Crippen LogP contribution in [-0.2, 0) is 9.31 Å². The maximum Gasteiger partial charge on any atom is 0.495 e. The van der Waals surface area contributed by atoms with Crippen molar-refractivity contribution >= 4 is 29.3 Å². The Bertz CT molecular complexity index is 797. The number of non-ortho nitro benzene ring substituents is 1. The summed E-state index contributed by atoms with van der Waals surface area (Å²) in [6, 6.07) is 3.52. The molecule has 1 aliphatic rings. The Labute approximate surface area is 141 Å². The van der Waals surface area contributed by atoms with Gasteiger partial charge >= 0.3 is 7.12 Å². The Morgan fingerprint density at radius 1 is 1.21 bits per heavy atom. The van der Waals surface area contributed by atoms with Gasteiger partial charge in [0.15, 0.2) is 5.52 Å². The van der Waals surface area contributed by atoms with Crippen LogP contribution in [0.25, 0.3) is 11.0 Å². The maximum absolute atomic E-state index is 11.5. The van der Waals surface area contributed by atoms with Crippen molar-refractivity contribution in [3.8, 4) is 0 Å². The molecule has 0 unspecified atom stereocenters. The van der Waals surface area contributed by atoms with E-state index < -0.39 is 23.2 Å². The molecule has 24 heavy (non-hydrogen) atoms. The number of fused-ring (bicyclic) bond motifs is 1. The zero-order chi connectivity index (χ0) is 17.9. The molecule has 1 fully saturated rings. The summed E-state index contributed by atoms with van der Waals surface area (Å²) in [6.07, 6.45) is 1.64. The van der Waals surface area contributed by atoms with Crippen LogP contribution in [0, 0.1) is 10.1 Å². The lowest BCUT2D eigenvalue weighted by molar-refractivity contribution is -0.383. The number of rotatable bonds is 3. The lowest BCUT2D eigenvalue weighted by Crippen LogP contribution is -2.41. The van der Waals surface area contributed by atoms with Crippen molar-refractivity contribution < 1.29 is 14.2 Å². The van der Waals surface area contributed by atoms with E-state index in [-0.39, 0.29) is 11.7 Å². The summed E-state index contributed by atoms with van der Waals surface area (Å²) in [5, 5.41) is 11.5. The van der Waals surface area contributed by atoms with Gasteiger partial charge in [0.1, 0.15) is 0 Å². The topological polar surface area (TPSA) is 79.4 Å². The first-order valence-electron chi connectivity index (χ1n) is 8.04. The second-order valence-electron chi connectivity index (χ2n) is 7.50. The van der Waals surface area contributed by atoms with Crippen molar-refractivity contribution in [2.75, 3.05) is 0 Å². The Morgan fingerprint density at radius 2 is 1.79 bits per heavy atom. The molecule has 8 heteroatoms. The molecule has 2 aromatic rings. The van der Waals surface area contributed by atoms with Gasteiger partial charge in [0.2, 0.25) is 0 Å². The Kier molecular flexibility index (Phi) is 3.73. The normalized spacial score (nSPS) is 19.4. The number of benzene rings is 1. The third kappa shape index (κ3) is 2.50. The van der Waals surface area contributed by atoms with E-state index in [9.17, 15) is 10.1 Å².